The number of methoxy groups -OCH3 is 2. The van der Waals surface area contributed by atoms with Gasteiger partial charge in [-0.15, -0.1) is 0 Å². The fraction of sp³-hybridized carbons (Fsp3) is 0.0909. The highest BCUT2D eigenvalue weighted by Gasteiger charge is 2.31. The number of benzene rings is 3. The van der Waals surface area contributed by atoms with Crippen LogP contribution in [0.1, 0.15) is 20.7 Å². The lowest BCUT2D eigenvalue weighted by molar-refractivity contribution is -0.393. The number of amides is 2. The summed E-state index contributed by atoms with van der Waals surface area (Å²) in [6.07, 6.45) is 0. The van der Waals surface area contributed by atoms with Crippen molar-refractivity contribution in [2.24, 2.45) is 0 Å². The summed E-state index contributed by atoms with van der Waals surface area (Å²) in [7, 11) is 2.65. The molecule has 0 aliphatic rings. The summed E-state index contributed by atoms with van der Waals surface area (Å²) in [4.78, 5) is 47.9. The number of rotatable bonds is 7. The summed E-state index contributed by atoms with van der Waals surface area (Å²) in [5.74, 6) is -1.56. The zero-order valence-corrected chi connectivity index (χ0v) is 20.1. The van der Waals surface area contributed by atoms with E-state index in [1.54, 1.807) is 0 Å². The highest BCUT2D eigenvalue weighted by Crippen LogP contribution is 2.33. The molecule has 14 heteroatoms. The van der Waals surface area contributed by atoms with Crippen LogP contribution in [0.5, 0.6) is 11.5 Å². The molecule has 0 aliphatic heterocycles. The van der Waals surface area contributed by atoms with Gasteiger partial charge in [0.05, 0.1) is 35.7 Å². The Morgan fingerprint density at radius 2 is 1.61 bits per heavy atom. The van der Waals surface area contributed by atoms with Crippen molar-refractivity contribution < 1.29 is 28.9 Å². The molecule has 0 aromatic heterocycles. The van der Waals surface area contributed by atoms with Gasteiger partial charge in [0.25, 0.3) is 17.5 Å². The molecule has 0 saturated heterocycles. The van der Waals surface area contributed by atoms with Crippen molar-refractivity contribution in [3.63, 3.8) is 0 Å². The quantitative estimate of drug-likeness (QED) is 0.334. The number of nitro benzene ring substituents is 2. The summed E-state index contributed by atoms with van der Waals surface area (Å²) >= 11 is 12.1. The minimum atomic E-state index is -0.956. The number of hydrazine groups is 1. The van der Waals surface area contributed by atoms with E-state index >= 15 is 0 Å². The Kier molecular flexibility index (Phi) is 7.92. The molecule has 0 spiro atoms. The predicted molar refractivity (Wildman–Crippen MR) is 130 cm³/mol. The number of hydrogen-bond acceptors (Lipinski definition) is 8. The number of nitrogens with zero attached hydrogens (tertiary/aromatic N) is 3. The van der Waals surface area contributed by atoms with E-state index in [2.05, 4.69) is 5.43 Å². The summed E-state index contributed by atoms with van der Waals surface area (Å²) in [5.41, 5.74) is 0.243. The van der Waals surface area contributed by atoms with Crippen molar-refractivity contribution in [3.8, 4) is 11.5 Å². The summed E-state index contributed by atoms with van der Waals surface area (Å²) in [6.45, 7) is 0. The molecule has 186 valence electrons. The largest absolute Gasteiger partial charge is 0.497 e. The van der Waals surface area contributed by atoms with E-state index < -0.39 is 38.7 Å². The third kappa shape index (κ3) is 5.62. The van der Waals surface area contributed by atoms with E-state index in [1.807, 2.05) is 0 Å². The standard InChI is InChI=1S/C22H16Cl2N4O8/c1-35-16-8-12(7-14(24)9-16)22(30)26(18-5-4-15(27(31)32)11-19(18)28(33)34)25-21(29)17-10-13(23)3-6-20(17)36-2/h3-11H,1-2H3,(H,25,29). The number of nitro groups is 2. The summed E-state index contributed by atoms with van der Waals surface area (Å²) in [6, 6.07) is 10.7. The highest BCUT2D eigenvalue weighted by atomic mass is 35.5. The minimum absolute atomic E-state index is 0.0870. The topological polar surface area (TPSA) is 154 Å². The van der Waals surface area contributed by atoms with Crippen molar-refractivity contribution in [2.45, 2.75) is 0 Å². The Morgan fingerprint density at radius 3 is 2.22 bits per heavy atom. The first kappa shape index (κ1) is 26.2. The summed E-state index contributed by atoms with van der Waals surface area (Å²) < 4.78 is 10.3. The maximum atomic E-state index is 13.5. The van der Waals surface area contributed by atoms with Gasteiger partial charge in [-0.3, -0.25) is 35.2 Å². The van der Waals surface area contributed by atoms with Crippen LogP contribution in [0.3, 0.4) is 0 Å². The zero-order valence-electron chi connectivity index (χ0n) is 18.6. The van der Waals surface area contributed by atoms with E-state index in [1.165, 1.54) is 50.6 Å². The molecule has 3 rings (SSSR count). The first-order valence-electron chi connectivity index (χ1n) is 9.82. The van der Waals surface area contributed by atoms with Crippen LogP contribution in [0.2, 0.25) is 10.0 Å². The molecule has 12 nitrogen and oxygen atoms in total. The Morgan fingerprint density at radius 1 is 0.889 bits per heavy atom. The lowest BCUT2D eigenvalue weighted by Gasteiger charge is -2.24. The second-order valence-corrected chi connectivity index (χ2v) is 7.87. The Bertz CT molecular complexity index is 1380. The van der Waals surface area contributed by atoms with Crippen LogP contribution < -0.4 is 19.9 Å². The average Bonchev–Trinajstić information content (AvgIpc) is 2.85. The average molecular weight is 535 g/mol. The molecule has 0 radical (unpaired) electrons. The number of nitrogens with one attached hydrogen (secondary N) is 1. The molecule has 0 aliphatic carbocycles. The summed E-state index contributed by atoms with van der Waals surface area (Å²) in [5, 5.41) is 23.8. The van der Waals surface area contributed by atoms with Gasteiger partial charge < -0.3 is 9.47 Å². The SMILES string of the molecule is COc1cc(Cl)cc(C(=O)N(NC(=O)c2cc(Cl)ccc2OC)c2ccc([N+](=O)[O-])cc2[N+](=O)[O-])c1. The van der Waals surface area contributed by atoms with Gasteiger partial charge in [0.2, 0.25) is 0 Å². The van der Waals surface area contributed by atoms with Gasteiger partial charge in [-0.2, -0.15) is 0 Å². The zero-order chi connectivity index (χ0) is 26.6. The van der Waals surface area contributed by atoms with Crippen LogP contribution >= 0.6 is 23.2 Å². The molecule has 0 unspecified atom stereocenters. The van der Waals surface area contributed by atoms with Crippen molar-refractivity contribution in [2.75, 3.05) is 19.2 Å². The van der Waals surface area contributed by atoms with Gasteiger partial charge in [0, 0.05) is 21.7 Å². The number of carbonyl (C=O) groups excluding carboxylic acids is 2. The number of anilines is 1. The van der Waals surface area contributed by atoms with E-state index in [4.69, 9.17) is 32.7 Å². The Hall–Kier alpha value is -4.42. The smallest absolute Gasteiger partial charge is 0.301 e. The van der Waals surface area contributed by atoms with Gasteiger partial charge in [-0.05, 0) is 42.5 Å². The maximum absolute atomic E-state index is 13.5. The Balaban J connectivity index is 2.18. The van der Waals surface area contributed by atoms with Crippen LogP contribution in [0, 0.1) is 20.2 Å². The molecular formula is C22H16Cl2N4O8. The molecule has 0 saturated carbocycles. The highest BCUT2D eigenvalue weighted by molar-refractivity contribution is 6.31. The van der Waals surface area contributed by atoms with Crippen molar-refractivity contribution >= 4 is 52.1 Å². The number of halogens is 2. The normalized spacial score (nSPS) is 10.3. The maximum Gasteiger partial charge on any atom is 0.301 e. The van der Waals surface area contributed by atoms with Crippen LogP contribution in [-0.4, -0.2) is 35.9 Å². The number of non-ortho nitro benzene ring substituents is 1. The van der Waals surface area contributed by atoms with E-state index in [9.17, 15) is 29.8 Å². The van der Waals surface area contributed by atoms with Gasteiger partial charge >= 0.3 is 5.69 Å². The molecule has 0 fully saturated rings. The monoisotopic (exact) mass is 534 g/mol. The van der Waals surface area contributed by atoms with Crippen molar-refractivity contribution in [1.82, 2.24) is 5.43 Å². The lowest BCUT2D eigenvalue weighted by atomic mass is 10.1. The van der Waals surface area contributed by atoms with E-state index in [-0.39, 0.29) is 32.7 Å². The number of carbonyl (C=O) groups is 2. The first-order valence-corrected chi connectivity index (χ1v) is 10.6. The van der Waals surface area contributed by atoms with E-state index in [0.717, 1.165) is 12.1 Å². The van der Waals surface area contributed by atoms with Gasteiger partial charge in [-0.25, -0.2) is 5.01 Å². The molecular weight excluding hydrogens is 519 g/mol. The lowest BCUT2D eigenvalue weighted by Crippen LogP contribution is -2.47. The Labute approximate surface area is 213 Å². The molecule has 36 heavy (non-hydrogen) atoms. The van der Waals surface area contributed by atoms with Crippen LogP contribution in [0.25, 0.3) is 0 Å². The third-order valence-electron chi connectivity index (χ3n) is 4.78. The molecule has 3 aromatic rings. The van der Waals surface area contributed by atoms with Crippen molar-refractivity contribution in [3.05, 3.63) is 96.0 Å². The molecule has 1 N–H and O–H groups in total. The van der Waals surface area contributed by atoms with Crippen LogP contribution in [0.4, 0.5) is 17.1 Å². The van der Waals surface area contributed by atoms with E-state index in [0.29, 0.717) is 11.1 Å². The molecule has 2 amide bonds. The fourth-order valence-electron chi connectivity index (χ4n) is 3.13. The predicted octanol–water partition coefficient (Wildman–Crippen LogP) is 4.82. The van der Waals surface area contributed by atoms with Gasteiger partial charge in [-0.1, -0.05) is 23.2 Å². The molecule has 0 heterocycles. The third-order valence-corrected chi connectivity index (χ3v) is 5.24. The molecule has 0 atom stereocenters. The van der Waals surface area contributed by atoms with Gasteiger partial charge in [0.1, 0.15) is 17.2 Å². The minimum Gasteiger partial charge on any atom is -0.497 e. The molecule has 0 bridgehead atoms. The first-order chi connectivity index (χ1) is 17.0. The molecule has 3 aromatic carbocycles. The number of ether oxygens (including phenoxy) is 2. The van der Waals surface area contributed by atoms with Gasteiger partial charge in [0.15, 0.2) is 0 Å². The van der Waals surface area contributed by atoms with Crippen LogP contribution in [0.15, 0.2) is 54.6 Å². The fourth-order valence-corrected chi connectivity index (χ4v) is 3.53. The van der Waals surface area contributed by atoms with Crippen molar-refractivity contribution in [1.29, 1.82) is 0 Å². The second kappa shape index (κ2) is 10.9. The van der Waals surface area contributed by atoms with Crippen LogP contribution in [-0.2, 0) is 0 Å². The second-order valence-electron chi connectivity index (χ2n) is 6.99. The number of hydrogen-bond donors (Lipinski definition) is 1.